The number of para-hydroxylation sites is 1. The fourth-order valence-corrected chi connectivity index (χ4v) is 4.94. The molecule has 3 heterocycles. The molecular formula is C28H26Cl2N6O3. The Morgan fingerprint density at radius 2 is 1.87 bits per heavy atom. The number of nitrogens with one attached hydrogen (secondary N) is 2. The Hall–Kier alpha value is -3.79. The van der Waals surface area contributed by atoms with Gasteiger partial charge in [-0.05, 0) is 67.9 Å². The van der Waals surface area contributed by atoms with E-state index in [1.54, 1.807) is 54.9 Å². The van der Waals surface area contributed by atoms with E-state index in [-0.39, 0.29) is 17.7 Å². The Kier molecular flexibility index (Phi) is 8.51. The van der Waals surface area contributed by atoms with Gasteiger partial charge in [0, 0.05) is 35.4 Å². The molecule has 0 unspecified atom stereocenters. The molecule has 2 aromatic carbocycles. The molecule has 4 aromatic rings. The third kappa shape index (κ3) is 6.81. The van der Waals surface area contributed by atoms with Gasteiger partial charge in [-0.25, -0.2) is 0 Å². The predicted octanol–water partition coefficient (Wildman–Crippen LogP) is 5.22. The number of amides is 2. The topological polar surface area (TPSA) is 113 Å². The molecule has 9 nitrogen and oxygen atoms in total. The van der Waals surface area contributed by atoms with Crippen LogP contribution in [0.2, 0.25) is 10.0 Å². The molecule has 2 aromatic heterocycles. The normalized spacial score (nSPS) is 14.2. The fourth-order valence-electron chi connectivity index (χ4n) is 4.45. The van der Waals surface area contributed by atoms with Gasteiger partial charge < -0.3 is 15.2 Å². The van der Waals surface area contributed by atoms with Crippen molar-refractivity contribution in [2.75, 3.05) is 18.4 Å². The van der Waals surface area contributed by atoms with Crippen molar-refractivity contribution >= 4 is 40.7 Å². The molecule has 2 N–H and O–H groups in total. The van der Waals surface area contributed by atoms with Crippen molar-refractivity contribution in [1.82, 2.24) is 25.3 Å². The smallest absolute Gasteiger partial charge is 0.253 e. The van der Waals surface area contributed by atoms with E-state index >= 15 is 0 Å². The highest BCUT2D eigenvalue weighted by atomic mass is 35.5. The van der Waals surface area contributed by atoms with Gasteiger partial charge in [0.2, 0.25) is 17.6 Å². The molecule has 0 saturated carbocycles. The molecule has 39 heavy (non-hydrogen) atoms. The lowest BCUT2D eigenvalue weighted by molar-refractivity contribution is -0.121. The zero-order valence-corrected chi connectivity index (χ0v) is 22.5. The van der Waals surface area contributed by atoms with Gasteiger partial charge in [-0.3, -0.25) is 19.5 Å². The Morgan fingerprint density at radius 1 is 1.05 bits per heavy atom. The summed E-state index contributed by atoms with van der Waals surface area (Å²) in [5.41, 5.74) is 2.45. The molecule has 200 valence electrons. The molecule has 0 aliphatic carbocycles. The number of nitrogens with zero attached hydrogens (tertiary/aromatic N) is 4. The molecule has 0 spiro atoms. The number of halogens is 2. The highest BCUT2D eigenvalue weighted by Gasteiger charge is 2.27. The van der Waals surface area contributed by atoms with Crippen LogP contribution in [0.1, 0.15) is 34.7 Å². The van der Waals surface area contributed by atoms with E-state index in [1.807, 2.05) is 12.1 Å². The molecule has 5 rings (SSSR count). The van der Waals surface area contributed by atoms with Crippen molar-refractivity contribution in [3.05, 3.63) is 94.1 Å². The zero-order valence-electron chi connectivity index (χ0n) is 20.9. The van der Waals surface area contributed by atoms with Crippen molar-refractivity contribution in [3.63, 3.8) is 0 Å². The van der Waals surface area contributed by atoms with Gasteiger partial charge in [-0.1, -0.05) is 46.6 Å². The van der Waals surface area contributed by atoms with E-state index in [0.717, 1.165) is 5.56 Å². The third-order valence-electron chi connectivity index (χ3n) is 6.56. The minimum atomic E-state index is -0.261. The number of rotatable bonds is 8. The second-order valence-electron chi connectivity index (χ2n) is 9.27. The lowest BCUT2D eigenvalue weighted by atomic mass is 9.95. The molecule has 0 radical (unpaired) electrons. The number of anilines is 1. The molecule has 0 atom stereocenters. The predicted molar refractivity (Wildman–Crippen MR) is 148 cm³/mol. The average Bonchev–Trinajstić information content (AvgIpc) is 3.41. The van der Waals surface area contributed by atoms with Crippen LogP contribution >= 0.6 is 23.2 Å². The van der Waals surface area contributed by atoms with Crippen LogP contribution in [0.25, 0.3) is 11.4 Å². The summed E-state index contributed by atoms with van der Waals surface area (Å²) in [7, 11) is 0. The number of benzene rings is 2. The van der Waals surface area contributed by atoms with Crippen molar-refractivity contribution in [2.24, 2.45) is 5.92 Å². The Labute approximate surface area is 235 Å². The Bertz CT molecular complexity index is 1450. The zero-order chi connectivity index (χ0) is 27.2. The number of likely N-dealkylation sites (tertiary alicyclic amines) is 1. The number of hydrogen-bond donors (Lipinski definition) is 2. The molecule has 2 amide bonds. The van der Waals surface area contributed by atoms with Crippen LogP contribution in [-0.2, 0) is 17.9 Å². The van der Waals surface area contributed by atoms with Gasteiger partial charge in [0.25, 0.3) is 5.91 Å². The van der Waals surface area contributed by atoms with Crippen molar-refractivity contribution in [1.29, 1.82) is 0 Å². The first kappa shape index (κ1) is 26.8. The monoisotopic (exact) mass is 564 g/mol. The van der Waals surface area contributed by atoms with Gasteiger partial charge in [-0.15, -0.1) is 0 Å². The Balaban J connectivity index is 1.13. The number of carbonyl (C=O) groups is 2. The summed E-state index contributed by atoms with van der Waals surface area (Å²) in [6.45, 7) is 2.23. The molecule has 1 saturated heterocycles. The summed E-state index contributed by atoms with van der Waals surface area (Å²) in [6.07, 6.45) is 4.73. The number of pyridine rings is 1. The lowest BCUT2D eigenvalue weighted by Crippen LogP contribution is -2.38. The summed E-state index contributed by atoms with van der Waals surface area (Å²) in [4.78, 5) is 36.6. The van der Waals surface area contributed by atoms with E-state index in [4.69, 9.17) is 27.7 Å². The summed E-state index contributed by atoms with van der Waals surface area (Å²) >= 11 is 12.2. The third-order valence-corrected chi connectivity index (χ3v) is 7.11. The standard InChI is InChI=1S/C28H26Cl2N6O3/c29-20-7-8-21(23(30)14-20)26-34-25(39-35-26)17-36-12-9-19(10-13-36)27(37)33-24-6-2-1-5-22(24)28(38)32-16-18-4-3-11-31-15-18/h1-8,11,14-15,19H,9-10,12-13,16-17H2,(H,32,38)(H,33,37). The minimum Gasteiger partial charge on any atom is -0.348 e. The summed E-state index contributed by atoms with van der Waals surface area (Å²) in [5, 5.41) is 10.9. The summed E-state index contributed by atoms with van der Waals surface area (Å²) in [6, 6.07) is 15.8. The van der Waals surface area contributed by atoms with Gasteiger partial charge in [-0.2, -0.15) is 4.98 Å². The molecule has 1 aliphatic heterocycles. The maximum atomic E-state index is 13.1. The Morgan fingerprint density at radius 3 is 2.64 bits per heavy atom. The maximum absolute atomic E-state index is 13.1. The van der Waals surface area contributed by atoms with Gasteiger partial charge in [0.15, 0.2) is 0 Å². The second-order valence-corrected chi connectivity index (χ2v) is 10.1. The van der Waals surface area contributed by atoms with E-state index in [0.29, 0.717) is 77.6 Å². The first-order chi connectivity index (χ1) is 19.0. The second kappa shape index (κ2) is 12.4. The van der Waals surface area contributed by atoms with Crippen LogP contribution < -0.4 is 10.6 Å². The quantitative estimate of drug-likeness (QED) is 0.301. The molecule has 1 fully saturated rings. The number of aromatic nitrogens is 3. The molecule has 0 bridgehead atoms. The van der Waals surface area contributed by atoms with Crippen LogP contribution in [0.15, 0.2) is 71.5 Å². The fraction of sp³-hybridized carbons (Fsp3) is 0.250. The van der Waals surface area contributed by atoms with Gasteiger partial charge in [0.1, 0.15) is 0 Å². The largest absolute Gasteiger partial charge is 0.348 e. The first-order valence-electron chi connectivity index (χ1n) is 12.5. The summed E-state index contributed by atoms with van der Waals surface area (Å²) < 4.78 is 5.43. The number of hydrogen-bond acceptors (Lipinski definition) is 7. The first-order valence-corrected chi connectivity index (χ1v) is 13.3. The van der Waals surface area contributed by atoms with Gasteiger partial charge >= 0.3 is 0 Å². The van der Waals surface area contributed by atoms with Crippen molar-refractivity contribution in [3.8, 4) is 11.4 Å². The number of piperidine rings is 1. The van der Waals surface area contributed by atoms with E-state index in [1.165, 1.54) is 0 Å². The number of carbonyl (C=O) groups excluding carboxylic acids is 2. The molecule has 1 aliphatic rings. The van der Waals surface area contributed by atoms with Crippen molar-refractivity contribution < 1.29 is 14.1 Å². The van der Waals surface area contributed by atoms with Crippen LogP contribution in [0.3, 0.4) is 0 Å². The lowest BCUT2D eigenvalue weighted by Gasteiger charge is -2.30. The SMILES string of the molecule is O=C(NCc1cccnc1)c1ccccc1NC(=O)C1CCN(Cc2nc(-c3ccc(Cl)cc3Cl)no2)CC1. The van der Waals surface area contributed by atoms with Gasteiger partial charge in [0.05, 0.1) is 22.8 Å². The molecule has 11 heteroatoms. The average molecular weight is 565 g/mol. The van der Waals surface area contributed by atoms with Crippen LogP contribution in [-0.4, -0.2) is 44.9 Å². The maximum Gasteiger partial charge on any atom is 0.253 e. The molecular weight excluding hydrogens is 539 g/mol. The van der Waals surface area contributed by atoms with E-state index < -0.39 is 0 Å². The summed E-state index contributed by atoms with van der Waals surface area (Å²) in [5.74, 6) is 0.357. The highest BCUT2D eigenvalue weighted by Crippen LogP contribution is 2.29. The van der Waals surface area contributed by atoms with E-state index in [9.17, 15) is 9.59 Å². The van der Waals surface area contributed by atoms with Crippen LogP contribution in [0.4, 0.5) is 5.69 Å². The highest BCUT2D eigenvalue weighted by molar-refractivity contribution is 6.36. The van der Waals surface area contributed by atoms with Crippen molar-refractivity contribution in [2.45, 2.75) is 25.9 Å². The van der Waals surface area contributed by atoms with E-state index in [2.05, 4.69) is 30.7 Å². The minimum absolute atomic E-state index is 0.0976. The van der Waals surface area contributed by atoms with Crippen LogP contribution in [0.5, 0.6) is 0 Å². The van der Waals surface area contributed by atoms with Crippen LogP contribution in [0, 0.1) is 5.92 Å².